The summed E-state index contributed by atoms with van der Waals surface area (Å²) in [5.41, 5.74) is 4.46. The Bertz CT molecular complexity index is 1060. The number of carbonyl (C=O) groups is 2. The van der Waals surface area contributed by atoms with Gasteiger partial charge in [0.25, 0.3) is 0 Å². The van der Waals surface area contributed by atoms with Gasteiger partial charge < -0.3 is 20.1 Å². The lowest BCUT2D eigenvalue weighted by atomic mass is 10.1. The predicted octanol–water partition coefficient (Wildman–Crippen LogP) is 4.08. The zero-order chi connectivity index (χ0) is 19.7. The highest BCUT2D eigenvalue weighted by Crippen LogP contribution is 2.31. The molecule has 27 heavy (non-hydrogen) atoms. The molecule has 0 spiro atoms. The Labute approximate surface area is 161 Å². The molecule has 3 aromatic rings. The minimum Gasteiger partial charge on any atom is -0.506 e. The number of fused-ring (bicyclic) bond motifs is 1. The first kappa shape index (κ1) is 18.8. The number of benzene rings is 2. The molecule has 140 valence electrons. The van der Waals surface area contributed by atoms with E-state index in [1.807, 2.05) is 26.0 Å². The van der Waals surface area contributed by atoms with Gasteiger partial charge in [0, 0.05) is 17.6 Å². The molecule has 1 aromatic heterocycles. The van der Waals surface area contributed by atoms with E-state index >= 15 is 0 Å². The van der Waals surface area contributed by atoms with Gasteiger partial charge in [0.15, 0.2) is 0 Å². The number of hydrogen-bond acceptors (Lipinski definition) is 3. The van der Waals surface area contributed by atoms with E-state index in [-0.39, 0.29) is 5.75 Å². The zero-order valence-corrected chi connectivity index (χ0v) is 15.7. The number of phenols is 1. The standard InChI is InChI=1S/C20H19ClN2O4/c1-11-3-5-16(22-18(25)9-19(26)27)14-7-12(2)23(20(11)14)10-13-4-6-17(24)15(21)8-13/h3-8,24H,9-10H2,1-2H3,(H,22,25)(H,26,27). The van der Waals surface area contributed by atoms with E-state index < -0.39 is 18.3 Å². The highest BCUT2D eigenvalue weighted by Gasteiger charge is 2.15. The number of phenolic OH excluding ortho intramolecular Hbond substituents is 1. The third-order valence-electron chi connectivity index (χ3n) is 4.41. The predicted molar refractivity (Wildman–Crippen MR) is 105 cm³/mol. The van der Waals surface area contributed by atoms with Crippen molar-refractivity contribution in [1.29, 1.82) is 0 Å². The molecule has 0 saturated carbocycles. The minimum absolute atomic E-state index is 0.0362. The van der Waals surface area contributed by atoms with E-state index in [9.17, 15) is 14.7 Å². The fourth-order valence-electron chi connectivity index (χ4n) is 3.16. The summed E-state index contributed by atoms with van der Waals surface area (Å²) < 4.78 is 2.10. The van der Waals surface area contributed by atoms with Crippen molar-refractivity contribution in [1.82, 2.24) is 4.57 Å². The first-order valence-electron chi connectivity index (χ1n) is 8.34. The number of rotatable bonds is 5. The fourth-order valence-corrected chi connectivity index (χ4v) is 3.36. The van der Waals surface area contributed by atoms with Gasteiger partial charge in [-0.3, -0.25) is 9.59 Å². The largest absolute Gasteiger partial charge is 0.506 e. The van der Waals surface area contributed by atoms with Gasteiger partial charge in [0.1, 0.15) is 12.2 Å². The van der Waals surface area contributed by atoms with Crippen LogP contribution in [0.2, 0.25) is 5.02 Å². The van der Waals surface area contributed by atoms with Crippen LogP contribution in [-0.2, 0) is 16.1 Å². The van der Waals surface area contributed by atoms with Gasteiger partial charge in [0.2, 0.25) is 5.91 Å². The molecule has 3 rings (SSSR count). The number of aromatic hydroxyl groups is 1. The van der Waals surface area contributed by atoms with Gasteiger partial charge in [-0.25, -0.2) is 0 Å². The second-order valence-electron chi connectivity index (χ2n) is 6.47. The van der Waals surface area contributed by atoms with E-state index in [0.717, 1.165) is 27.7 Å². The molecule has 0 aliphatic carbocycles. The Morgan fingerprint density at radius 3 is 2.56 bits per heavy atom. The number of aromatic nitrogens is 1. The van der Waals surface area contributed by atoms with Crippen LogP contribution in [0.4, 0.5) is 5.69 Å². The first-order valence-corrected chi connectivity index (χ1v) is 8.72. The van der Waals surface area contributed by atoms with Crippen molar-refractivity contribution < 1.29 is 19.8 Å². The molecule has 0 atom stereocenters. The topological polar surface area (TPSA) is 91.6 Å². The minimum atomic E-state index is -1.17. The number of aryl methyl sites for hydroxylation is 2. The van der Waals surface area contributed by atoms with E-state index in [0.29, 0.717) is 17.3 Å². The fraction of sp³-hybridized carbons (Fsp3) is 0.200. The van der Waals surface area contributed by atoms with Crippen molar-refractivity contribution in [3.8, 4) is 5.75 Å². The van der Waals surface area contributed by atoms with Crippen molar-refractivity contribution in [3.63, 3.8) is 0 Å². The van der Waals surface area contributed by atoms with Gasteiger partial charge in [-0.05, 0) is 49.2 Å². The van der Waals surface area contributed by atoms with Crippen LogP contribution in [0, 0.1) is 13.8 Å². The van der Waals surface area contributed by atoms with Crippen LogP contribution in [-0.4, -0.2) is 26.7 Å². The van der Waals surface area contributed by atoms with Crippen molar-refractivity contribution in [2.75, 3.05) is 5.32 Å². The van der Waals surface area contributed by atoms with Crippen LogP contribution in [0.1, 0.15) is 23.2 Å². The van der Waals surface area contributed by atoms with E-state index in [1.165, 1.54) is 0 Å². The Hall–Kier alpha value is -2.99. The Morgan fingerprint density at radius 2 is 1.89 bits per heavy atom. The molecule has 0 bridgehead atoms. The summed E-state index contributed by atoms with van der Waals surface area (Å²) in [6.45, 7) is 4.48. The summed E-state index contributed by atoms with van der Waals surface area (Å²) in [4.78, 5) is 22.6. The molecule has 0 saturated heterocycles. The average Bonchev–Trinajstić information content (AvgIpc) is 2.90. The smallest absolute Gasteiger partial charge is 0.312 e. The highest BCUT2D eigenvalue weighted by atomic mass is 35.5. The molecule has 1 amide bonds. The van der Waals surface area contributed by atoms with E-state index in [1.54, 1.807) is 24.3 Å². The second kappa shape index (κ2) is 7.32. The van der Waals surface area contributed by atoms with Crippen LogP contribution in [0.25, 0.3) is 10.9 Å². The number of carbonyl (C=O) groups excluding carboxylic acids is 1. The Morgan fingerprint density at radius 1 is 1.15 bits per heavy atom. The maximum absolute atomic E-state index is 11.9. The Balaban J connectivity index is 2.03. The molecule has 2 aromatic carbocycles. The van der Waals surface area contributed by atoms with Gasteiger partial charge in [0.05, 0.1) is 16.2 Å². The number of nitrogens with one attached hydrogen (secondary N) is 1. The number of nitrogens with zero attached hydrogens (tertiary/aromatic N) is 1. The van der Waals surface area contributed by atoms with Crippen LogP contribution < -0.4 is 5.32 Å². The first-order chi connectivity index (χ1) is 12.8. The number of hydrogen-bond donors (Lipinski definition) is 3. The summed E-state index contributed by atoms with van der Waals surface area (Å²) >= 11 is 6.01. The SMILES string of the molecule is Cc1ccc(NC(=O)CC(=O)O)c2cc(C)n(Cc3ccc(O)c(Cl)c3)c12. The quantitative estimate of drug-likeness (QED) is 0.576. The molecule has 0 fully saturated rings. The molecular weight excluding hydrogens is 368 g/mol. The molecule has 0 aliphatic heterocycles. The monoisotopic (exact) mass is 386 g/mol. The van der Waals surface area contributed by atoms with Crippen molar-refractivity contribution in [2.45, 2.75) is 26.8 Å². The molecule has 0 aliphatic rings. The second-order valence-corrected chi connectivity index (χ2v) is 6.88. The summed E-state index contributed by atoms with van der Waals surface area (Å²) in [6.07, 6.45) is -0.582. The summed E-state index contributed by atoms with van der Waals surface area (Å²) in [7, 11) is 0. The summed E-state index contributed by atoms with van der Waals surface area (Å²) in [6, 6.07) is 10.7. The number of amides is 1. The molecule has 0 radical (unpaired) electrons. The third kappa shape index (κ3) is 3.90. The zero-order valence-electron chi connectivity index (χ0n) is 14.9. The molecule has 3 N–H and O–H groups in total. The van der Waals surface area contributed by atoms with Crippen LogP contribution in [0.15, 0.2) is 36.4 Å². The lowest BCUT2D eigenvalue weighted by Gasteiger charge is -2.13. The van der Waals surface area contributed by atoms with E-state index in [2.05, 4.69) is 9.88 Å². The number of anilines is 1. The van der Waals surface area contributed by atoms with Gasteiger partial charge in [-0.2, -0.15) is 0 Å². The lowest BCUT2D eigenvalue weighted by Crippen LogP contribution is -2.16. The van der Waals surface area contributed by atoms with Crippen molar-refractivity contribution in [3.05, 3.63) is 58.2 Å². The molecular formula is C20H19ClN2O4. The molecule has 1 heterocycles. The maximum Gasteiger partial charge on any atom is 0.312 e. The summed E-state index contributed by atoms with van der Waals surface area (Å²) in [5, 5.41) is 22.2. The molecule has 0 unspecified atom stereocenters. The number of carboxylic acids is 1. The maximum atomic E-state index is 11.9. The summed E-state index contributed by atoms with van der Waals surface area (Å²) in [5.74, 6) is -1.70. The van der Waals surface area contributed by atoms with Gasteiger partial charge in [-0.15, -0.1) is 0 Å². The highest BCUT2D eigenvalue weighted by molar-refractivity contribution is 6.32. The number of aliphatic carboxylic acids is 1. The lowest BCUT2D eigenvalue weighted by molar-refractivity contribution is -0.139. The van der Waals surface area contributed by atoms with E-state index in [4.69, 9.17) is 16.7 Å². The average molecular weight is 387 g/mol. The van der Waals surface area contributed by atoms with Crippen molar-refractivity contribution >= 4 is 40.1 Å². The normalized spacial score (nSPS) is 10.9. The molecule has 7 heteroatoms. The van der Waals surface area contributed by atoms with Crippen molar-refractivity contribution in [2.24, 2.45) is 0 Å². The van der Waals surface area contributed by atoms with Crippen LogP contribution in [0.3, 0.4) is 0 Å². The van der Waals surface area contributed by atoms with Crippen LogP contribution >= 0.6 is 11.6 Å². The third-order valence-corrected chi connectivity index (χ3v) is 4.71. The Kier molecular flexibility index (Phi) is 5.10. The number of carboxylic acid groups (broad SMARTS) is 1. The number of halogens is 1. The molecule has 6 nitrogen and oxygen atoms in total. The van der Waals surface area contributed by atoms with Crippen LogP contribution in [0.5, 0.6) is 5.75 Å². The van der Waals surface area contributed by atoms with Gasteiger partial charge in [-0.1, -0.05) is 23.7 Å². The van der Waals surface area contributed by atoms with Gasteiger partial charge >= 0.3 is 5.97 Å².